The molecule has 2 aromatic rings. The van der Waals surface area contributed by atoms with Gasteiger partial charge in [0.2, 0.25) is 0 Å². The molecule has 0 radical (unpaired) electrons. The van der Waals surface area contributed by atoms with Crippen molar-refractivity contribution < 1.29 is 9.59 Å². The van der Waals surface area contributed by atoms with Gasteiger partial charge in [0.05, 0.1) is 0 Å². The van der Waals surface area contributed by atoms with Gasteiger partial charge in [-0.25, -0.2) is 5.43 Å². The van der Waals surface area contributed by atoms with Crippen LogP contribution >= 0.6 is 0 Å². The molecule has 4 rings (SSSR count). The minimum absolute atomic E-state index is 0.183. The lowest BCUT2D eigenvalue weighted by Crippen LogP contribution is -2.19. The summed E-state index contributed by atoms with van der Waals surface area (Å²) in [6.45, 7) is 0. The molecule has 2 N–H and O–H groups in total. The van der Waals surface area contributed by atoms with Gasteiger partial charge in [0.25, 0.3) is 11.8 Å². The van der Waals surface area contributed by atoms with Crippen molar-refractivity contribution in [1.82, 2.24) is 5.43 Å². The number of nitrogens with zero attached hydrogens (tertiary/aromatic N) is 1. The van der Waals surface area contributed by atoms with Crippen molar-refractivity contribution in [2.24, 2.45) is 22.9 Å². The highest BCUT2D eigenvalue weighted by Crippen LogP contribution is 2.42. The molecule has 5 heteroatoms. The first-order chi connectivity index (χ1) is 13.2. The van der Waals surface area contributed by atoms with Gasteiger partial charge in [0.1, 0.15) is 0 Å². The molecule has 0 spiro atoms. The fourth-order valence-electron chi connectivity index (χ4n) is 3.75. The van der Waals surface area contributed by atoms with Crippen molar-refractivity contribution in [3.8, 4) is 0 Å². The normalized spacial score (nSPS) is 22.9. The van der Waals surface area contributed by atoms with Crippen molar-refractivity contribution in [3.63, 3.8) is 0 Å². The van der Waals surface area contributed by atoms with Crippen LogP contribution in [0.3, 0.4) is 0 Å². The van der Waals surface area contributed by atoms with Gasteiger partial charge in [-0.05, 0) is 61.1 Å². The van der Waals surface area contributed by atoms with Crippen LogP contribution in [-0.2, 0) is 0 Å². The lowest BCUT2D eigenvalue weighted by atomic mass is 9.95. The van der Waals surface area contributed by atoms with Gasteiger partial charge < -0.3 is 5.32 Å². The fraction of sp³-hybridized carbons (Fsp3) is 0.227. The number of hydrogen-bond donors (Lipinski definition) is 2. The SMILES string of the molecule is O=C(NN=CC1CC2C=CC1C2)c1ccc(NC(=O)c2ccccc2)cc1. The molecule has 136 valence electrons. The molecule has 2 aromatic carbocycles. The quantitative estimate of drug-likeness (QED) is 0.483. The van der Waals surface area contributed by atoms with Gasteiger partial charge in [-0.1, -0.05) is 30.4 Å². The zero-order valence-corrected chi connectivity index (χ0v) is 14.8. The van der Waals surface area contributed by atoms with Gasteiger partial charge in [-0.3, -0.25) is 9.59 Å². The van der Waals surface area contributed by atoms with E-state index in [2.05, 4.69) is 28.0 Å². The molecule has 0 aromatic heterocycles. The van der Waals surface area contributed by atoms with E-state index in [0.29, 0.717) is 34.6 Å². The first-order valence-electron chi connectivity index (χ1n) is 9.17. The molecule has 3 unspecified atom stereocenters. The van der Waals surface area contributed by atoms with Crippen molar-refractivity contribution in [3.05, 3.63) is 77.9 Å². The number of allylic oxidation sites excluding steroid dienone is 2. The second kappa shape index (κ2) is 7.58. The Balaban J connectivity index is 1.31. The number of hydrogen-bond acceptors (Lipinski definition) is 3. The number of carbonyl (C=O) groups is 2. The van der Waals surface area contributed by atoms with Crippen LogP contribution in [0.25, 0.3) is 0 Å². The van der Waals surface area contributed by atoms with Gasteiger partial charge in [-0.2, -0.15) is 5.10 Å². The number of anilines is 1. The average Bonchev–Trinajstić information content (AvgIpc) is 3.32. The number of rotatable bonds is 5. The van der Waals surface area contributed by atoms with Gasteiger partial charge in [0.15, 0.2) is 0 Å². The zero-order valence-electron chi connectivity index (χ0n) is 14.8. The van der Waals surface area contributed by atoms with Crippen LogP contribution in [0.5, 0.6) is 0 Å². The predicted molar refractivity (Wildman–Crippen MR) is 106 cm³/mol. The topological polar surface area (TPSA) is 70.6 Å². The minimum atomic E-state index is -0.258. The predicted octanol–water partition coefficient (Wildman–Crippen LogP) is 3.87. The molecule has 0 heterocycles. The van der Waals surface area contributed by atoms with Crippen molar-refractivity contribution in [2.45, 2.75) is 12.8 Å². The lowest BCUT2D eigenvalue weighted by Gasteiger charge is -2.12. The van der Waals surface area contributed by atoms with Gasteiger partial charge in [0, 0.05) is 28.9 Å². The van der Waals surface area contributed by atoms with E-state index >= 15 is 0 Å². The molecule has 2 bridgehead atoms. The summed E-state index contributed by atoms with van der Waals surface area (Å²) >= 11 is 0. The summed E-state index contributed by atoms with van der Waals surface area (Å²) in [6.07, 6.45) is 8.73. The average molecular weight is 359 g/mol. The van der Waals surface area contributed by atoms with E-state index in [1.54, 1.807) is 36.4 Å². The molecular formula is C22H21N3O2. The molecule has 1 fully saturated rings. The van der Waals surface area contributed by atoms with Crippen molar-refractivity contribution in [2.75, 3.05) is 5.32 Å². The molecular weight excluding hydrogens is 338 g/mol. The summed E-state index contributed by atoms with van der Waals surface area (Å²) in [5.74, 6) is 1.24. The Morgan fingerprint density at radius 2 is 1.63 bits per heavy atom. The highest BCUT2D eigenvalue weighted by atomic mass is 16.2. The van der Waals surface area contributed by atoms with Crippen LogP contribution in [0.15, 0.2) is 71.9 Å². The number of fused-ring (bicyclic) bond motifs is 2. The summed E-state index contributed by atoms with van der Waals surface area (Å²) in [7, 11) is 0. The number of hydrazone groups is 1. The number of amides is 2. The molecule has 0 aliphatic heterocycles. The summed E-state index contributed by atoms with van der Waals surface area (Å²) < 4.78 is 0. The Hall–Kier alpha value is -3.21. The Kier molecular flexibility index (Phi) is 4.83. The van der Waals surface area contributed by atoms with Gasteiger partial charge >= 0.3 is 0 Å². The van der Waals surface area contributed by atoms with Crippen molar-refractivity contribution >= 4 is 23.7 Å². The molecule has 2 amide bonds. The van der Waals surface area contributed by atoms with Crippen LogP contribution in [-0.4, -0.2) is 18.0 Å². The van der Waals surface area contributed by atoms with E-state index in [4.69, 9.17) is 0 Å². The van der Waals surface area contributed by atoms with Crippen LogP contribution in [0.4, 0.5) is 5.69 Å². The van der Waals surface area contributed by atoms with E-state index in [1.165, 1.54) is 6.42 Å². The summed E-state index contributed by atoms with van der Waals surface area (Å²) in [5, 5.41) is 6.94. The lowest BCUT2D eigenvalue weighted by molar-refractivity contribution is 0.0954. The highest BCUT2D eigenvalue weighted by Gasteiger charge is 2.34. The Morgan fingerprint density at radius 1 is 0.889 bits per heavy atom. The van der Waals surface area contributed by atoms with Crippen LogP contribution in [0, 0.1) is 17.8 Å². The standard InChI is InChI=1S/C22H21N3O2/c26-21(16-4-2-1-3-5-16)24-20-10-8-17(9-11-20)22(27)25-23-14-19-13-15-6-7-18(19)12-15/h1-11,14-15,18-19H,12-13H2,(H,24,26)(H,25,27). The van der Waals surface area contributed by atoms with Crippen LogP contribution in [0.1, 0.15) is 33.6 Å². The largest absolute Gasteiger partial charge is 0.322 e. The monoisotopic (exact) mass is 359 g/mol. The van der Waals surface area contributed by atoms with E-state index < -0.39 is 0 Å². The Labute approximate surface area is 158 Å². The van der Waals surface area contributed by atoms with Gasteiger partial charge in [-0.15, -0.1) is 0 Å². The highest BCUT2D eigenvalue weighted by molar-refractivity contribution is 6.04. The molecule has 2 aliphatic rings. The van der Waals surface area contributed by atoms with Crippen LogP contribution in [0.2, 0.25) is 0 Å². The first kappa shape index (κ1) is 17.2. The molecule has 0 saturated heterocycles. The summed E-state index contributed by atoms with van der Waals surface area (Å²) in [6, 6.07) is 15.8. The third-order valence-corrected chi connectivity index (χ3v) is 5.20. The van der Waals surface area contributed by atoms with E-state index in [0.717, 1.165) is 6.42 Å². The van der Waals surface area contributed by atoms with E-state index in [-0.39, 0.29) is 11.8 Å². The second-order valence-corrected chi connectivity index (χ2v) is 7.06. The van der Waals surface area contributed by atoms with E-state index in [9.17, 15) is 9.59 Å². The fourth-order valence-corrected chi connectivity index (χ4v) is 3.75. The molecule has 3 atom stereocenters. The van der Waals surface area contributed by atoms with Crippen molar-refractivity contribution in [1.29, 1.82) is 0 Å². The minimum Gasteiger partial charge on any atom is -0.322 e. The number of nitrogens with one attached hydrogen (secondary N) is 2. The maximum atomic E-state index is 12.2. The maximum absolute atomic E-state index is 12.2. The summed E-state index contributed by atoms with van der Waals surface area (Å²) in [5.41, 5.74) is 4.31. The third kappa shape index (κ3) is 3.97. The molecule has 27 heavy (non-hydrogen) atoms. The Morgan fingerprint density at radius 3 is 2.30 bits per heavy atom. The van der Waals surface area contributed by atoms with E-state index in [1.807, 2.05) is 24.4 Å². The molecule has 5 nitrogen and oxygen atoms in total. The first-order valence-corrected chi connectivity index (χ1v) is 9.17. The Bertz CT molecular complexity index is 888. The molecule has 1 saturated carbocycles. The summed E-state index contributed by atoms with van der Waals surface area (Å²) in [4.78, 5) is 24.3. The third-order valence-electron chi connectivity index (χ3n) is 5.20. The zero-order chi connectivity index (χ0) is 18.6. The second-order valence-electron chi connectivity index (χ2n) is 7.06. The smallest absolute Gasteiger partial charge is 0.271 e. The van der Waals surface area contributed by atoms with Crippen LogP contribution < -0.4 is 10.7 Å². The molecule has 2 aliphatic carbocycles. The maximum Gasteiger partial charge on any atom is 0.271 e. The number of carbonyl (C=O) groups excluding carboxylic acids is 2. The number of benzene rings is 2.